The number of carbonyl (C=O) groups is 2. The fourth-order valence-electron chi connectivity index (χ4n) is 4.96. The largest absolute Gasteiger partial charge is 0.481 e. The summed E-state index contributed by atoms with van der Waals surface area (Å²) in [5, 5.41) is 24.9. The first-order chi connectivity index (χ1) is 15.5. The van der Waals surface area contributed by atoms with Crippen LogP contribution in [0.4, 0.5) is 4.79 Å². The molecule has 0 saturated heterocycles. The monoisotopic (exact) mass is 462 g/mol. The molecule has 3 N–H and O–H groups in total. The molecule has 1 aromatic rings. The molecule has 1 aliphatic carbocycles. The van der Waals surface area contributed by atoms with Crippen LogP contribution in [0.15, 0.2) is 24.3 Å². The van der Waals surface area contributed by atoms with Gasteiger partial charge in [0.25, 0.3) is 0 Å². The van der Waals surface area contributed by atoms with Crippen LogP contribution in [-0.2, 0) is 20.5 Å². The topological polar surface area (TPSA) is 99.1 Å². The van der Waals surface area contributed by atoms with Gasteiger partial charge in [0.1, 0.15) is 5.41 Å². The molecule has 186 valence electrons. The Hall–Kier alpha value is -2.12. The highest BCUT2D eigenvalue weighted by molar-refractivity contribution is 5.83. The van der Waals surface area contributed by atoms with Gasteiger partial charge in [-0.05, 0) is 63.7 Å². The Labute approximate surface area is 198 Å². The number of ether oxygens (including phenoxy) is 1. The van der Waals surface area contributed by atoms with Crippen molar-refractivity contribution in [2.75, 3.05) is 33.8 Å². The lowest BCUT2D eigenvalue weighted by atomic mass is 9.69. The predicted octanol–water partition coefficient (Wildman–Crippen LogP) is 4.13. The van der Waals surface area contributed by atoms with Crippen molar-refractivity contribution in [3.8, 4) is 0 Å². The summed E-state index contributed by atoms with van der Waals surface area (Å²) in [6.07, 6.45) is 4.04. The van der Waals surface area contributed by atoms with E-state index in [2.05, 4.69) is 24.1 Å². The predicted molar refractivity (Wildman–Crippen MR) is 129 cm³/mol. The van der Waals surface area contributed by atoms with Gasteiger partial charge in [0.05, 0.1) is 12.2 Å². The van der Waals surface area contributed by atoms with Crippen LogP contribution in [0.1, 0.15) is 70.4 Å². The van der Waals surface area contributed by atoms with Crippen molar-refractivity contribution in [2.24, 2.45) is 11.8 Å². The second-order valence-corrected chi connectivity index (χ2v) is 10.1. The van der Waals surface area contributed by atoms with Gasteiger partial charge in [0.2, 0.25) is 0 Å². The fraction of sp³-hybridized carbons (Fsp3) is 0.692. The van der Waals surface area contributed by atoms with Crippen molar-refractivity contribution in [1.29, 1.82) is 0 Å². The normalized spacial score (nSPS) is 22.7. The molecule has 1 amide bonds. The van der Waals surface area contributed by atoms with E-state index in [1.807, 2.05) is 32.3 Å². The first-order valence-corrected chi connectivity index (χ1v) is 12.2. The number of aliphatic hydroxyl groups is 1. The number of nitrogens with one attached hydrogen (secondary N) is 1. The minimum absolute atomic E-state index is 0.0725. The summed E-state index contributed by atoms with van der Waals surface area (Å²) >= 11 is 0. The molecule has 7 heteroatoms. The summed E-state index contributed by atoms with van der Waals surface area (Å²) in [5.41, 5.74) is -0.949. The maximum Gasteiger partial charge on any atom is 0.407 e. The summed E-state index contributed by atoms with van der Waals surface area (Å²) in [7, 11) is 4.02. The number of hydrogen-bond donors (Lipinski definition) is 3. The molecule has 7 nitrogen and oxygen atoms in total. The van der Waals surface area contributed by atoms with Crippen LogP contribution in [0.5, 0.6) is 0 Å². The highest BCUT2D eigenvalue weighted by atomic mass is 16.5. The van der Waals surface area contributed by atoms with Gasteiger partial charge in [0.15, 0.2) is 0 Å². The molecule has 3 atom stereocenters. The summed E-state index contributed by atoms with van der Waals surface area (Å²) in [5.74, 6) is -0.608. The lowest BCUT2D eigenvalue weighted by molar-refractivity contribution is -0.144. The van der Waals surface area contributed by atoms with E-state index in [1.54, 1.807) is 13.0 Å². The molecule has 0 heterocycles. The average Bonchev–Trinajstić information content (AvgIpc) is 2.75. The number of amides is 1. The Balaban J connectivity index is 2.49. The third-order valence-electron chi connectivity index (χ3n) is 6.90. The van der Waals surface area contributed by atoms with Gasteiger partial charge >= 0.3 is 12.1 Å². The van der Waals surface area contributed by atoms with Gasteiger partial charge in [-0.2, -0.15) is 0 Å². The quantitative estimate of drug-likeness (QED) is 0.457. The van der Waals surface area contributed by atoms with Crippen molar-refractivity contribution in [3.63, 3.8) is 0 Å². The Kier molecular flexibility index (Phi) is 9.73. The first-order valence-electron chi connectivity index (χ1n) is 12.2. The molecule has 1 saturated carbocycles. The number of benzene rings is 1. The summed E-state index contributed by atoms with van der Waals surface area (Å²) in [6, 6.07) is 7.40. The van der Waals surface area contributed by atoms with Crippen molar-refractivity contribution >= 4 is 12.1 Å². The maximum absolute atomic E-state index is 12.7. The van der Waals surface area contributed by atoms with Gasteiger partial charge in [-0.1, -0.05) is 51.0 Å². The molecule has 33 heavy (non-hydrogen) atoms. The third-order valence-corrected chi connectivity index (χ3v) is 6.90. The molecule has 0 aliphatic heterocycles. The highest BCUT2D eigenvalue weighted by Crippen LogP contribution is 2.43. The number of alkyl carbamates (subject to hydrolysis) is 1. The zero-order valence-electron chi connectivity index (χ0n) is 20.9. The molecule has 0 unspecified atom stereocenters. The van der Waals surface area contributed by atoms with E-state index in [9.17, 15) is 19.8 Å². The van der Waals surface area contributed by atoms with Gasteiger partial charge in [-0.15, -0.1) is 0 Å². The Morgan fingerprint density at radius 2 is 2.03 bits per heavy atom. The standard InChI is InChI=1S/C26H42N2O5/c1-6-33-24(31)27-18-25(23(29)30,15-13-19(2)3)20-11-9-12-21(16-20)26(32)14-8-7-10-22(26)17-28(4)5/h9,11-12,16,19,22,32H,6-8,10,13-15,17-18H2,1-5H3,(H,27,31)(H,29,30)/t22-,25+,26+/m0/s1. The summed E-state index contributed by atoms with van der Waals surface area (Å²) < 4.78 is 4.98. The van der Waals surface area contributed by atoms with Crippen LogP contribution in [0.2, 0.25) is 0 Å². The van der Waals surface area contributed by atoms with Gasteiger partial charge in [-0.3, -0.25) is 4.79 Å². The molecule has 2 rings (SSSR count). The van der Waals surface area contributed by atoms with E-state index in [4.69, 9.17) is 4.74 Å². The Bertz CT molecular complexity index is 797. The average molecular weight is 463 g/mol. The zero-order valence-corrected chi connectivity index (χ0v) is 20.9. The number of carbonyl (C=O) groups excluding carboxylic acids is 1. The van der Waals surface area contributed by atoms with Crippen LogP contribution in [0.25, 0.3) is 0 Å². The molecular formula is C26H42N2O5. The van der Waals surface area contributed by atoms with Crippen LogP contribution < -0.4 is 5.32 Å². The van der Waals surface area contributed by atoms with E-state index < -0.39 is 23.1 Å². The molecule has 0 radical (unpaired) electrons. The third kappa shape index (κ3) is 6.70. The number of carboxylic acid groups (broad SMARTS) is 1. The van der Waals surface area contributed by atoms with Gasteiger partial charge in [0, 0.05) is 19.0 Å². The van der Waals surface area contributed by atoms with E-state index in [-0.39, 0.29) is 19.1 Å². The number of nitrogens with zero attached hydrogens (tertiary/aromatic N) is 1. The lowest BCUT2D eigenvalue weighted by Crippen LogP contribution is -2.47. The molecular weight excluding hydrogens is 420 g/mol. The van der Waals surface area contributed by atoms with Crippen molar-refractivity contribution in [3.05, 3.63) is 35.4 Å². The van der Waals surface area contributed by atoms with Crippen molar-refractivity contribution < 1.29 is 24.5 Å². The zero-order chi connectivity index (χ0) is 24.6. The van der Waals surface area contributed by atoms with Crippen molar-refractivity contribution in [2.45, 2.75) is 70.3 Å². The SMILES string of the molecule is CCOC(=O)NC[C@@](CCC(C)C)(C(=O)O)c1cccc([C@]2(O)CCCC[C@H]2CN(C)C)c1. The van der Waals surface area contributed by atoms with Crippen LogP contribution in [0, 0.1) is 11.8 Å². The Morgan fingerprint density at radius 3 is 2.64 bits per heavy atom. The second-order valence-electron chi connectivity index (χ2n) is 10.1. The highest BCUT2D eigenvalue weighted by Gasteiger charge is 2.44. The molecule has 1 aliphatic rings. The van der Waals surface area contributed by atoms with Gasteiger partial charge < -0.3 is 25.2 Å². The first kappa shape index (κ1) is 27.1. The summed E-state index contributed by atoms with van der Waals surface area (Å²) in [6.45, 7) is 6.73. The minimum Gasteiger partial charge on any atom is -0.481 e. The number of aliphatic carboxylic acids is 1. The van der Waals surface area contributed by atoms with Crippen molar-refractivity contribution in [1.82, 2.24) is 10.2 Å². The van der Waals surface area contributed by atoms with E-state index in [0.717, 1.165) is 31.4 Å². The summed E-state index contributed by atoms with van der Waals surface area (Å²) in [4.78, 5) is 26.8. The molecule has 0 aromatic heterocycles. The van der Waals surface area contributed by atoms with E-state index in [0.29, 0.717) is 30.7 Å². The minimum atomic E-state index is -1.31. The number of carboxylic acids is 1. The maximum atomic E-state index is 12.7. The number of rotatable bonds is 11. The van der Waals surface area contributed by atoms with Gasteiger partial charge in [-0.25, -0.2) is 4.79 Å². The van der Waals surface area contributed by atoms with E-state index in [1.165, 1.54) is 0 Å². The lowest BCUT2D eigenvalue weighted by Gasteiger charge is -2.42. The molecule has 0 spiro atoms. The molecule has 1 aromatic carbocycles. The Morgan fingerprint density at radius 1 is 1.30 bits per heavy atom. The molecule has 0 bridgehead atoms. The fourth-order valence-corrected chi connectivity index (χ4v) is 4.96. The smallest absolute Gasteiger partial charge is 0.407 e. The van der Waals surface area contributed by atoms with Crippen LogP contribution >= 0.6 is 0 Å². The molecule has 1 fully saturated rings. The second kappa shape index (κ2) is 11.8. The van der Waals surface area contributed by atoms with Crippen LogP contribution in [0.3, 0.4) is 0 Å². The van der Waals surface area contributed by atoms with Crippen LogP contribution in [-0.4, -0.2) is 61.0 Å². The number of hydrogen-bond acceptors (Lipinski definition) is 5. The van der Waals surface area contributed by atoms with E-state index >= 15 is 0 Å².